The molecule has 1 saturated carbocycles. The van der Waals surface area contributed by atoms with E-state index in [9.17, 15) is 0 Å². The van der Waals surface area contributed by atoms with Crippen molar-refractivity contribution in [2.45, 2.75) is 58.5 Å². The van der Waals surface area contributed by atoms with Gasteiger partial charge in [-0.25, -0.2) is 4.68 Å². The molecule has 96 valence electrons. The molecular formula is C12H23N5. The van der Waals surface area contributed by atoms with Crippen molar-refractivity contribution >= 4 is 0 Å². The lowest BCUT2D eigenvalue weighted by Crippen LogP contribution is -2.24. The van der Waals surface area contributed by atoms with Crippen LogP contribution in [0.1, 0.15) is 64.4 Å². The maximum atomic E-state index is 4.16. The average molecular weight is 237 g/mol. The summed E-state index contributed by atoms with van der Waals surface area (Å²) in [6, 6.07) is 0.643. The molecule has 1 fully saturated rings. The number of hydrogen-bond acceptors (Lipinski definition) is 4. The molecule has 1 aliphatic rings. The van der Waals surface area contributed by atoms with Crippen LogP contribution in [0, 0.1) is 5.92 Å². The molecule has 1 heterocycles. The molecule has 1 aromatic rings. The van der Waals surface area contributed by atoms with Crippen LogP contribution in [-0.4, -0.2) is 26.8 Å². The van der Waals surface area contributed by atoms with Crippen LogP contribution in [-0.2, 0) is 0 Å². The SMILES string of the molecule is CCCNC(C)c1nnnn1C(C)CC1CC1. The average Bonchev–Trinajstić information content (AvgIpc) is 2.98. The summed E-state index contributed by atoms with van der Waals surface area (Å²) < 4.78 is 1.99. The molecular weight excluding hydrogens is 214 g/mol. The van der Waals surface area contributed by atoms with Crippen molar-refractivity contribution in [1.29, 1.82) is 0 Å². The monoisotopic (exact) mass is 237 g/mol. The molecule has 0 amide bonds. The molecule has 1 N–H and O–H groups in total. The van der Waals surface area contributed by atoms with E-state index in [4.69, 9.17) is 0 Å². The second-order valence-corrected chi connectivity index (χ2v) is 5.19. The van der Waals surface area contributed by atoms with Gasteiger partial charge in [0.15, 0.2) is 5.82 Å². The van der Waals surface area contributed by atoms with E-state index < -0.39 is 0 Å². The van der Waals surface area contributed by atoms with E-state index >= 15 is 0 Å². The van der Waals surface area contributed by atoms with Crippen molar-refractivity contribution in [3.63, 3.8) is 0 Å². The maximum absolute atomic E-state index is 4.16. The van der Waals surface area contributed by atoms with Crippen LogP contribution in [0.3, 0.4) is 0 Å². The van der Waals surface area contributed by atoms with Crippen molar-refractivity contribution in [2.24, 2.45) is 5.92 Å². The normalized spacial score (nSPS) is 19.2. The van der Waals surface area contributed by atoms with Crippen molar-refractivity contribution in [2.75, 3.05) is 6.54 Å². The Labute approximate surface area is 103 Å². The highest BCUT2D eigenvalue weighted by molar-refractivity contribution is 4.92. The van der Waals surface area contributed by atoms with Crippen LogP contribution in [0.4, 0.5) is 0 Å². The molecule has 0 aromatic carbocycles. The summed E-state index contributed by atoms with van der Waals surface area (Å²) >= 11 is 0. The second-order valence-electron chi connectivity index (χ2n) is 5.19. The molecule has 1 aliphatic carbocycles. The highest BCUT2D eigenvalue weighted by atomic mass is 15.6. The Morgan fingerprint density at radius 1 is 1.41 bits per heavy atom. The largest absolute Gasteiger partial charge is 0.307 e. The molecule has 5 heteroatoms. The Bertz CT molecular complexity index is 344. The highest BCUT2D eigenvalue weighted by Crippen LogP contribution is 2.36. The third-order valence-corrected chi connectivity index (χ3v) is 3.39. The first-order valence-corrected chi connectivity index (χ1v) is 6.73. The van der Waals surface area contributed by atoms with E-state index in [0.717, 1.165) is 24.7 Å². The number of aromatic nitrogens is 4. The minimum absolute atomic E-state index is 0.228. The van der Waals surface area contributed by atoms with Crippen LogP contribution in [0.5, 0.6) is 0 Å². The number of rotatable bonds is 7. The lowest BCUT2D eigenvalue weighted by molar-refractivity contribution is 0.393. The standard InChI is InChI=1S/C12H23N5/c1-4-7-13-10(3)12-14-15-16-17(12)9(2)8-11-5-6-11/h9-11,13H,4-8H2,1-3H3. The quantitative estimate of drug-likeness (QED) is 0.789. The van der Waals surface area contributed by atoms with Crippen LogP contribution >= 0.6 is 0 Å². The lowest BCUT2D eigenvalue weighted by atomic mass is 10.1. The van der Waals surface area contributed by atoms with Gasteiger partial charge in [0, 0.05) is 0 Å². The van der Waals surface area contributed by atoms with Gasteiger partial charge in [0.25, 0.3) is 0 Å². The van der Waals surface area contributed by atoms with Gasteiger partial charge < -0.3 is 5.32 Å². The Hall–Kier alpha value is -0.970. The molecule has 1 aromatic heterocycles. The minimum atomic E-state index is 0.228. The van der Waals surface area contributed by atoms with Gasteiger partial charge in [-0.1, -0.05) is 19.8 Å². The second kappa shape index (κ2) is 5.58. The third kappa shape index (κ3) is 3.25. The van der Waals surface area contributed by atoms with Crippen LogP contribution in [0.25, 0.3) is 0 Å². The minimum Gasteiger partial charge on any atom is -0.307 e. The van der Waals surface area contributed by atoms with Crippen LogP contribution < -0.4 is 5.32 Å². The van der Waals surface area contributed by atoms with E-state index in [1.54, 1.807) is 0 Å². The van der Waals surface area contributed by atoms with Crippen molar-refractivity contribution in [1.82, 2.24) is 25.5 Å². The first-order chi connectivity index (χ1) is 8.22. The van der Waals surface area contributed by atoms with Crippen molar-refractivity contribution < 1.29 is 0 Å². The molecule has 0 bridgehead atoms. The molecule has 0 radical (unpaired) electrons. The predicted octanol–water partition coefficient (Wildman–Crippen LogP) is 2.09. The summed E-state index contributed by atoms with van der Waals surface area (Å²) in [5.74, 6) is 1.87. The molecule has 2 rings (SSSR count). The summed E-state index contributed by atoms with van der Waals surface area (Å²) in [6.07, 6.45) is 5.10. The zero-order valence-electron chi connectivity index (χ0n) is 11.1. The summed E-state index contributed by atoms with van der Waals surface area (Å²) in [4.78, 5) is 0. The van der Waals surface area contributed by atoms with Gasteiger partial charge in [-0.05, 0) is 49.6 Å². The first kappa shape index (κ1) is 12.5. The van der Waals surface area contributed by atoms with Gasteiger partial charge >= 0.3 is 0 Å². The number of nitrogens with one attached hydrogen (secondary N) is 1. The Morgan fingerprint density at radius 3 is 2.82 bits per heavy atom. The van der Waals surface area contributed by atoms with Crippen molar-refractivity contribution in [3.8, 4) is 0 Å². The van der Waals surface area contributed by atoms with E-state index in [1.807, 2.05) is 4.68 Å². The van der Waals surface area contributed by atoms with Crippen molar-refractivity contribution in [3.05, 3.63) is 5.82 Å². The highest BCUT2D eigenvalue weighted by Gasteiger charge is 2.26. The summed E-state index contributed by atoms with van der Waals surface area (Å²) in [5.41, 5.74) is 0. The third-order valence-electron chi connectivity index (χ3n) is 3.39. The fourth-order valence-electron chi connectivity index (χ4n) is 2.19. The zero-order chi connectivity index (χ0) is 12.3. The number of tetrazole rings is 1. The van der Waals surface area contributed by atoms with Gasteiger partial charge in [0.05, 0.1) is 12.1 Å². The summed E-state index contributed by atoms with van der Waals surface area (Å²) in [7, 11) is 0. The van der Waals surface area contributed by atoms with E-state index in [2.05, 4.69) is 41.6 Å². The van der Waals surface area contributed by atoms with E-state index in [-0.39, 0.29) is 6.04 Å². The smallest absolute Gasteiger partial charge is 0.168 e. The van der Waals surface area contributed by atoms with Gasteiger partial charge in [-0.3, -0.25) is 0 Å². The fourth-order valence-corrected chi connectivity index (χ4v) is 2.19. The Morgan fingerprint density at radius 2 is 2.18 bits per heavy atom. The molecule has 0 saturated heterocycles. The van der Waals surface area contributed by atoms with Gasteiger partial charge in [-0.2, -0.15) is 0 Å². The number of nitrogens with zero attached hydrogens (tertiary/aromatic N) is 4. The van der Waals surface area contributed by atoms with Gasteiger partial charge in [-0.15, -0.1) is 5.10 Å². The maximum Gasteiger partial charge on any atom is 0.168 e. The fraction of sp³-hybridized carbons (Fsp3) is 0.917. The van der Waals surface area contributed by atoms with E-state index in [0.29, 0.717) is 6.04 Å². The Balaban J connectivity index is 1.98. The number of hydrogen-bond donors (Lipinski definition) is 1. The summed E-state index contributed by atoms with van der Waals surface area (Å²) in [6.45, 7) is 7.51. The lowest BCUT2D eigenvalue weighted by Gasteiger charge is -2.17. The zero-order valence-corrected chi connectivity index (χ0v) is 11.1. The molecule has 2 atom stereocenters. The Kier molecular flexibility index (Phi) is 4.10. The molecule has 5 nitrogen and oxygen atoms in total. The molecule has 17 heavy (non-hydrogen) atoms. The molecule has 0 spiro atoms. The van der Waals surface area contributed by atoms with Crippen LogP contribution in [0.2, 0.25) is 0 Å². The molecule has 2 unspecified atom stereocenters. The first-order valence-electron chi connectivity index (χ1n) is 6.73. The van der Waals surface area contributed by atoms with Gasteiger partial charge in [0.1, 0.15) is 0 Å². The summed E-state index contributed by atoms with van der Waals surface area (Å²) in [5, 5.41) is 15.6. The predicted molar refractivity (Wildman–Crippen MR) is 66.6 cm³/mol. The molecule has 0 aliphatic heterocycles. The topological polar surface area (TPSA) is 55.6 Å². The van der Waals surface area contributed by atoms with Crippen LogP contribution in [0.15, 0.2) is 0 Å². The van der Waals surface area contributed by atoms with E-state index in [1.165, 1.54) is 19.3 Å². The van der Waals surface area contributed by atoms with Gasteiger partial charge in [0.2, 0.25) is 0 Å².